The molecule has 2 atom stereocenters. The van der Waals surface area contributed by atoms with E-state index in [9.17, 15) is 23.1 Å². The first-order valence-corrected chi connectivity index (χ1v) is 8.27. The maximum atomic E-state index is 13.2. The first kappa shape index (κ1) is 17.9. The van der Waals surface area contributed by atoms with Crippen LogP contribution in [0, 0.1) is 17.5 Å². The summed E-state index contributed by atoms with van der Waals surface area (Å²) in [7, 11) is 0. The number of urea groups is 1. The number of nitrogens with one attached hydrogen (secondary N) is 2. The highest BCUT2D eigenvalue weighted by Gasteiger charge is 2.30. The van der Waals surface area contributed by atoms with E-state index in [0.29, 0.717) is 6.54 Å². The van der Waals surface area contributed by atoms with E-state index in [0.717, 1.165) is 30.7 Å². The lowest BCUT2D eigenvalue weighted by Crippen LogP contribution is -2.44. The van der Waals surface area contributed by atoms with Crippen LogP contribution in [-0.4, -0.2) is 34.8 Å². The lowest BCUT2D eigenvalue weighted by atomic mass is 10.1. The number of amides is 2. The molecular formula is C15H19F3N2O2S. The third-order valence-electron chi connectivity index (χ3n) is 3.82. The van der Waals surface area contributed by atoms with Crippen molar-refractivity contribution in [2.45, 2.75) is 30.6 Å². The summed E-state index contributed by atoms with van der Waals surface area (Å²) in [5.74, 6) is -3.26. The number of halogens is 3. The van der Waals surface area contributed by atoms with Gasteiger partial charge < -0.3 is 15.7 Å². The average Bonchev–Trinajstić information content (AvgIpc) is 2.95. The molecule has 3 N–H and O–H groups in total. The Balaban J connectivity index is 1.97. The molecule has 2 unspecified atom stereocenters. The van der Waals surface area contributed by atoms with Crippen molar-refractivity contribution in [1.82, 2.24) is 10.6 Å². The zero-order valence-corrected chi connectivity index (χ0v) is 13.5. The molecule has 2 amide bonds. The fourth-order valence-electron chi connectivity index (χ4n) is 2.46. The summed E-state index contributed by atoms with van der Waals surface area (Å²) in [6.07, 6.45) is 2.09. The standard InChI is InChI=1S/C15H19F3N2O2S/c1-15(3-2-4-23-15)8-19-14(22)20-12(7-21)9-5-10(16)13(18)11(17)6-9/h5-6,12,21H,2-4,7-8H2,1H3,(H2,19,20,22). The van der Waals surface area contributed by atoms with Crippen molar-refractivity contribution in [3.63, 3.8) is 0 Å². The van der Waals surface area contributed by atoms with Crippen LogP contribution in [0.1, 0.15) is 31.4 Å². The van der Waals surface area contributed by atoms with Gasteiger partial charge in [0.1, 0.15) is 0 Å². The van der Waals surface area contributed by atoms with Crippen molar-refractivity contribution in [3.8, 4) is 0 Å². The second kappa shape index (κ2) is 7.44. The summed E-state index contributed by atoms with van der Waals surface area (Å²) in [4.78, 5) is 11.9. The highest BCUT2D eigenvalue weighted by Crippen LogP contribution is 2.36. The zero-order chi connectivity index (χ0) is 17.0. The van der Waals surface area contributed by atoms with Crippen molar-refractivity contribution < 1.29 is 23.1 Å². The summed E-state index contributed by atoms with van der Waals surface area (Å²) in [6.45, 7) is 1.94. The van der Waals surface area contributed by atoms with Crippen LogP contribution in [0.4, 0.5) is 18.0 Å². The molecule has 4 nitrogen and oxygen atoms in total. The van der Waals surface area contributed by atoms with Gasteiger partial charge in [0.05, 0.1) is 12.6 Å². The molecule has 0 saturated carbocycles. The third-order valence-corrected chi connectivity index (χ3v) is 5.36. The predicted molar refractivity (Wildman–Crippen MR) is 82.8 cm³/mol. The van der Waals surface area contributed by atoms with Crippen molar-refractivity contribution in [3.05, 3.63) is 35.1 Å². The van der Waals surface area contributed by atoms with Crippen molar-refractivity contribution in [1.29, 1.82) is 0 Å². The van der Waals surface area contributed by atoms with Gasteiger partial charge in [-0.3, -0.25) is 0 Å². The second-order valence-electron chi connectivity index (χ2n) is 5.76. The topological polar surface area (TPSA) is 61.4 Å². The van der Waals surface area contributed by atoms with E-state index in [1.54, 1.807) is 11.8 Å². The Morgan fingerprint density at radius 3 is 2.57 bits per heavy atom. The van der Waals surface area contributed by atoms with Crippen LogP contribution in [0.25, 0.3) is 0 Å². The Kier molecular flexibility index (Phi) is 5.80. The lowest BCUT2D eigenvalue weighted by molar-refractivity contribution is 0.216. The van der Waals surface area contributed by atoms with Gasteiger partial charge in [0, 0.05) is 11.3 Å². The molecule has 0 bridgehead atoms. The maximum absolute atomic E-state index is 13.2. The number of aliphatic hydroxyl groups excluding tert-OH is 1. The van der Waals surface area contributed by atoms with E-state index in [2.05, 4.69) is 17.6 Å². The average molecular weight is 348 g/mol. The minimum atomic E-state index is -1.58. The van der Waals surface area contributed by atoms with Gasteiger partial charge in [-0.1, -0.05) is 0 Å². The van der Waals surface area contributed by atoms with Gasteiger partial charge in [-0.05, 0) is 43.2 Å². The van der Waals surface area contributed by atoms with Gasteiger partial charge in [0.2, 0.25) is 0 Å². The SMILES string of the molecule is CC1(CNC(=O)NC(CO)c2cc(F)c(F)c(F)c2)CCCS1. The number of thioether (sulfide) groups is 1. The molecule has 0 radical (unpaired) electrons. The quantitative estimate of drug-likeness (QED) is 0.717. The fraction of sp³-hybridized carbons (Fsp3) is 0.533. The largest absolute Gasteiger partial charge is 0.394 e. The summed E-state index contributed by atoms with van der Waals surface area (Å²) < 4.78 is 39.4. The first-order valence-electron chi connectivity index (χ1n) is 7.28. The molecule has 2 rings (SSSR count). The van der Waals surface area contributed by atoms with E-state index in [1.165, 1.54) is 0 Å². The molecule has 1 fully saturated rings. The van der Waals surface area contributed by atoms with E-state index < -0.39 is 36.1 Å². The highest BCUT2D eigenvalue weighted by molar-refractivity contribution is 8.00. The molecule has 23 heavy (non-hydrogen) atoms. The molecule has 0 aromatic heterocycles. The minimum Gasteiger partial charge on any atom is -0.394 e. The van der Waals surface area contributed by atoms with Crippen LogP contribution < -0.4 is 10.6 Å². The van der Waals surface area contributed by atoms with E-state index in [-0.39, 0.29) is 10.3 Å². The van der Waals surface area contributed by atoms with Gasteiger partial charge in [0.25, 0.3) is 0 Å². The molecule has 1 aromatic carbocycles. The van der Waals surface area contributed by atoms with Gasteiger partial charge in [0.15, 0.2) is 17.5 Å². The van der Waals surface area contributed by atoms with Gasteiger partial charge in [-0.25, -0.2) is 18.0 Å². The lowest BCUT2D eigenvalue weighted by Gasteiger charge is -2.24. The maximum Gasteiger partial charge on any atom is 0.315 e. The molecule has 1 aliphatic heterocycles. The molecule has 1 aliphatic rings. The number of carbonyl (C=O) groups excluding carboxylic acids is 1. The van der Waals surface area contributed by atoms with Crippen LogP contribution in [0.15, 0.2) is 12.1 Å². The Morgan fingerprint density at radius 1 is 1.39 bits per heavy atom. The number of carbonyl (C=O) groups is 1. The fourth-order valence-corrected chi connectivity index (χ4v) is 3.71. The number of aliphatic hydroxyl groups is 1. The zero-order valence-electron chi connectivity index (χ0n) is 12.7. The summed E-state index contributed by atoms with van der Waals surface area (Å²) >= 11 is 1.78. The minimum absolute atomic E-state index is 0.0276. The van der Waals surface area contributed by atoms with Gasteiger partial charge in [-0.2, -0.15) is 11.8 Å². The van der Waals surface area contributed by atoms with Gasteiger partial charge in [-0.15, -0.1) is 0 Å². The highest BCUT2D eigenvalue weighted by atomic mass is 32.2. The van der Waals surface area contributed by atoms with E-state index in [1.807, 2.05) is 0 Å². The summed E-state index contributed by atoms with van der Waals surface area (Å²) in [5.41, 5.74) is -0.0412. The molecule has 1 aromatic rings. The molecular weight excluding hydrogens is 329 g/mol. The normalized spacial score (nSPS) is 22.0. The smallest absolute Gasteiger partial charge is 0.315 e. The first-order chi connectivity index (χ1) is 10.8. The van der Waals surface area contributed by atoms with Crippen LogP contribution in [0.3, 0.4) is 0 Å². The van der Waals surface area contributed by atoms with Crippen LogP contribution in [-0.2, 0) is 0 Å². The molecule has 8 heteroatoms. The monoisotopic (exact) mass is 348 g/mol. The van der Waals surface area contributed by atoms with E-state index >= 15 is 0 Å². The van der Waals surface area contributed by atoms with E-state index in [4.69, 9.17) is 0 Å². The Hall–Kier alpha value is -1.41. The molecule has 128 valence electrons. The second-order valence-corrected chi connectivity index (χ2v) is 7.45. The molecule has 0 spiro atoms. The molecule has 0 aliphatic carbocycles. The van der Waals surface area contributed by atoms with Crippen molar-refractivity contribution in [2.75, 3.05) is 18.9 Å². The summed E-state index contributed by atoms with van der Waals surface area (Å²) in [6, 6.07) is -0.0620. The van der Waals surface area contributed by atoms with Crippen molar-refractivity contribution in [2.24, 2.45) is 0 Å². The van der Waals surface area contributed by atoms with Crippen LogP contribution >= 0.6 is 11.8 Å². The van der Waals surface area contributed by atoms with Crippen molar-refractivity contribution >= 4 is 17.8 Å². The van der Waals surface area contributed by atoms with Crippen LogP contribution in [0.5, 0.6) is 0 Å². The Bertz CT molecular complexity index is 557. The van der Waals surface area contributed by atoms with Gasteiger partial charge >= 0.3 is 6.03 Å². The third kappa shape index (κ3) is 4.54. The molecule has 1 saturated heterocycles. The Morgan fingerprint density at radius 2 is 2.04 bits per heavy atom. The number of benzene rings is 1. The predicted octanol–water partition coefficient (Wildman–Crippen LogP) is 2.72. The number of rotatable bonds is 5. The molecule has 1 heterocycles. The van der Waals surface area contributed by atoms with Crippen LogP contribution in [0.2, 0.25) is 0 Å². The number of hydrogen-bond donors (Lipinski definition) is 3. The Labute approximate surface area is 136 Å². The summed E-state index contributed by atoms with van der Waals surface area (Å²) in [5, 5.41) is 14.5. The number of hydrogen-bond acceptors (Lipinski definition) is 3.